The second-order valence-corrected chi connectivity index (χ2v) is 5.19. The second kappa shape index (κ2) is 5.61. The van der Waals surface area contributed by atoms with E-state index in [9.17, 15) is 0 Å². The summed E-state index contributed by atoms with van der Waals surface area (Å²) in [6, 6.07) is 6.92. The molecule has 1 atom stereocenters. The molecule has 2 rings (SSSR count). The van der Waals surface area contributed by atoms with E-state index in [1.54, 1.807) is 14.2 Å². The van der Waals surface area contributed by atoms with Crippen molar-refractivity contribution in [2.45, 2.75) is 32.2 Å². The van der Waals surface area contributed by atoms with Gasteiger partial charge in [-0.15, -0.1) is 0 Å². The maximum Gasteiger partial charge on any atom is 0.160 e. The molecule has 100 valence electrons. The Labute approximate surface area is 110 Å². The Hall–Kier alpha value is -1.22. The first-order chi connectivity index (χ1) is 8.65. The number of ether oxygens (including phenoxy) is 2. The lowest BCUT2D eigenvalue weighted by molar-refractivity contribution is 0.272. The van der Waals surface area contributed by atoms with Gasteiger partial charge in [0.2, 0.25) is 0 Å². The van der Waals surface area contributed by atoms with E-state index in [2.05, 4.69) is 30.9 Å². The fraction of sp³-hybridized carbons (Fsp3) is 0.600. The first kappa shape index (κ1) is 13.2. The maximum absolute atomic E-state index is 5.37. The first-order valence-corrected chi connectivity index (χ1v) is 6.61. The van der Waals surface area contributed by atoms with Crippen LogP contribution in [0.25, 0.3) is 0 Å². The Morgan fingerprint density at radius 3 is 2.44 bits per heavy atom. The molecule has 0 bridgehead atoms. The molecule has 0 saturated carbocycles. The van der Waals surface area contributed by atoms with Crippen LogP contribution in [0.5, 0.6) is 11.5 Å². The lowest BCUT2D eigenvalue weighted by Gasteiger charge is -2.20. The molecule has 3 nitrogen and oxygen atoms in total. The van der Waals surface area contributed by atoms with Crippen LogP contribution >= 0.6 is 0 Å². The monoisotopic (exact) mass is 249 g/mol. The van der Waals surface area contributed by atoms with Crippen molar-refractivity contribution in [3.63, 3.8) is 0 Å². The summed E-state index contributed by atoms with van der Waals surface area (Å²) in [5.74, 6) is 2.25. The summed E-state index contributed by atoms with van der Waals surface area (Å²) in [6.07, 6.45) is 1.23. The summed E-state index contributed by atoms with van der Waals surface area (Å²) in [7, 11) is 3.37. The van der Waals surface area contributed by atoms with Gasteiger partial charge >= 0.3 is 0 Å². The molecule has 0 aliphatic carbocycles. The van der Waals surface area contributed by atoms with Gasteiger partial charge < -0.3 is 14.4 Å². The molecule has 3 heteroatoms. The fourth-order valence-corrected chi connectivity index (χ4v) is 2.64. The lowest BCUT2D eigenvalue weighted by atomic mass is 9.98. The van der Waals surface area contributed by atoms with E-state index in [1.807, 2.05) is 6.07 Å². The Morgan fingerprint density at radius 1 is 1.17 bits per heavy atom. The van der Waals surface area contributed by atoms with Crippen molar-refractivity contribution in [1.82, 2.24) is 4.90 Å². The summed E-state index contributed by atoms with van der Waals surface area (Å²) in [4.78, 5) is 2.53. The summed E-state index contributed by atoms with van der Waals surface area (Å²) >= 11 is 0. The molecular weight excluding hydrogens is 226 g/mol. The van der Waals surface area contributed by atoms with Gasteiger partial charge in [-0.3, -0.25) is 0 Å². The van der Waals surface area contributed by atoms with E-state index in [4.69, 9.17) is 9.47 Å². The van der Waals surface area contributed by atoms with Crippen LogP contribution in [0.15, 0.2) is 18.2 Å². The largest absolute Gasteiger partial charge is 0.493 e. The molecule has 1 fully saturated rings. The van der Waals surface area contributed by atoms with Gasteiger partial charge in [-0.2, -0.15) is 0 Å². The molecule has 0 amide bonds. The highest BCUT2D eigenvalue weighted by Gasteiger charge is 2.25. The SMILES string of the molecule is COc1ccc(C2CCN(C(C)C)C2)cc1OC. The third kappa shape index (κ3) is 2.61. The second-order valence-electron chi connectivity index (χ2n) is 5.19. The van der Waals surface area contributed by atoms with E-state index in [1.165, 1.54) is 18.5 Å². The van der Waals surface area contributed by atoms with E-state index in [-0.39, 0.29) is 0 Å². The Bertz CT molecular complexity index is 403. The average Bonchev–Trinajstić information content (AvgIpc) is 2.87. The number of methoxy groups -OCH3 is 2. The number of rotatable bonds is 4. The van der Waals surface area contributed by atoms with Gasteiger partial charge in [0.1, 0.15) is 0 Å². The minimum atomic E-state index is 0.618. The quantitative estimate of drug-likeness (QED) is 0.819. The molecule has 0 aromatic heterocycles. The highest BCUT2D eigenvalue weighted by molar-refractivity contribution is 5.44. The van der Waals surface area contributed by atoms with Gasteiger partial charge in [-0.25, -0.2) is 0 Å². The Kier molecular flexibility index (Phi) is 4.12. The molecule has 0 N–H and O–H groups in total. The first-order valence-electron chi connectivity index (χ1n) is 6.61. The molecule has 0 radical (unpaired) electrons. The molecule has 1 unspecified atom stereocenters. The molecule has 0 spiro atoms. The highest BCUT2D eigenvalue weighted by Crippen LogP contribution is 2.34. The van der Waals surface area contributed by atoms with Crippen molar-refractivity contribution >= 4 is 0 Å². The number of nitrogens with zero attached hydrogens (tertiary/aromatic N) is 1. The Morgan fingerprint density at radius 2 is 1.89 bits per heavy atom. The smallest absolute Gasteiger partial charge is 0.160 e. The van der Waals surface area contributed by atoms with Crippen LogP contribution in [-0.2, 0) is 0 Å². The Balaban J connectivity index is 2.15. The van der Waals surface area contributed by atoms with E-state index in [0.717, 1.165) is 18.0 Å². The van der Waals surface area contributed by atoms with Crippen LogP contribution < -0.4 is 9.47 Å². The van der Waals surface area contributed by atoms with E-state index in [0.29, 0.717) is 12.0 Å². The molecule has 1 aromatic carbocycles. The maximum atomic E-state index is 5.37. The predicted octanol–water partition coefficient (Wildman–Crippen LogP) is 2.90. The summed E-state index contributed by atoms with van der Waals surface area (Å²) < 4.78 is 10.6. The van der Waals surface area contributed by atoms with Gasteiger partial charge in [0.15, 0.2) is 11.5 Å². The van der Waals surface area contributed by atoms with Crippen LogP contribution in [0.2, 0.25) is 0 Å². The number of benzene rings is 1. The normalized spacial score (nSPS) is 20.4. The van der Waals surface area contributed by atoms with Gasteiger partial charge in [0, 0.05) is 12.6 Å². The van der Waals surface area contributed by atoms with Crippen molar-refractivity contribution < 1.29 is 9.47 Å². The van der Waals surface area contributed by atoms with Gasteiger partial charge in [-0.1, -0.05) is 6.07 Å². The topological polar surface area (TPSA) is 21.7 Å². The molecule has 18 heavy (non-hydrogen) atoms. The third-order valence-electron chi connectivity index (χ3n) is 3.83. The number of likely N-dealkylation sites (tertiary alicyclic amines) is 1. The zero-order valence-corrected chi connectivity index (χ0v) is 11.8. The summed E-state index contributed by atoms with van der Waals surface area (Å²) in [5.41, 5.74) is 1.36. The molecule has 1 heterocycles. The average molecular weight is 249 g/mol. The molecule has 1 aliphatic rings. The van der Waals surface area contributed by atoms with E-state index < -0.39 is 0 Å². The van der Waals surface area contributed by atoms with Gasteiger partial charge in [0.25, 0.3) is 0 Å². The van der Waals surface area contributed by atoms with Crippen molar-refractivity contribution in [2.75, 3.05) is 27.3 Å². The molecular formula is C15H23NO2. The summed E-state index contributed by atoms with van der Waals surface area (Å²) in [5, 5.41) is 0. The van der Waals surface area contributed by atoms with E-state index >= 15 is 0 Å². The zero-order chi connectivity index (χ0) is 13.1. The zero-order valence-electron chi connectivity index (χ0n) is 11.8. The van der Waals surface area contributed by atoms with Gasteiger partial charge in [0.05, 0.1) is 14.2 Å². The van der Waals surface area contributed by atoms with Crippen LogP contribution in [0.3, 0.4) is 0 Å². The molecule has 1 aliphatic heterocycles. The molecule has 1 aromatic rings. The minimum Gasteiger partial charge on any atom is -0.493 e. The molecule has 1 saturated heterocycles. The minimum absolute atomic E-state index is 0.618. The van der Waals surface area contributed by atoms with Crippen LogP contribution in [0, 0.1) is 0 Å². The number of hydrogen-bond acceptors (Lipinski definition) is 3. The van der Waals surface area contributed by atoms with Crippen LogP contribution in [-0.4, -0.2) is 38.3 Å². The predicted molar refractivity (Wildman–Crippen MR) is 73.6 cm³/mol. The van der Waals surface area contributed by atoms with Crippen molar-refractivity contribution in [1.29, 1.82) is 0 Å². The fourth-order valence-electron chi connectivity index (χ4n) is 2.64. The van der Waals surface area contributed by atoms with Crippen molar-refractivity contribution in [3.05, 3.63) is 23.8 Å². The van der Waals surface area contributed by atoms with Crippen LogP contribution in [0.4, 0.5) is 0 Å². The lowest BCUT2D eigenvalue weighted by Crippen LogP contribution is -2.27. The standard InChI is InChI=1S/C15H23NO2/c1-11(2)16-8-7-13(10-16)12-5-6-14(17-3)15(9-12)18-4/h5-6,9,11,13H,7-8,10H2,1-4H3. The highest BCUT2D eigenvalue weighted by atomic mass is 16.5. The van der Waals surface area contributed by atoms with Crippen molar-refractivity contribution in [3.8, 4) is 11.5 Å². The van der Waals surface area contributed by atoms with Gasteiger partial charge in [-0.05, 0) is 50.4 Å². The number of hydrogen-bond donors (Lipinski definition) is 0. The van der Waals surface area contributed by atoms with Crippen LogP contribution in [0.1, 0.15) is 31.7 Å². The van der Waals surface area contributed by atoms with Crippen molar-refractivity contribution in [2.24, 2.45) is 0 Å². The summed E-state index contributed by atoms with van der Waals surface area (Å²) in [6.45, 7) is 6.86. The third-order valence-corrected chi connectivity index (χ3v) is 3.83.